The molecule has 0 bridgehead atoms. The monoisotopic (exact) mass is 357 g/mol. The predicted octanol–water partition coefficient (Wildman–Crippen LogP) is 4.10. The SMILES string of the molecule is CC(=O)C(C)Cc1ccc(OCCCCOc2cccnc2)c(C)c1O. The maximum absolute atomic E-state index is 11.4. The maximum Gasteiger partial charge on any atom is 0.137 e. The van der Waals surface area contributed by atoms with Crippen LogP contribution in [0.3, 0.4) is 0 Å². The van der Waals surface area contributed by atoms with Crippen molar-refractivity contribution in [3.05, 3.63) is 47.8 Å². The minimum atomic E-state index is -0.105. The van der Waals surface area contributed by atoms with E-state index in [0.717, 1.165) is 24.2 Å². The molecular formula is C21H27NO4. The molecule has 1 atom stereocenters. The second kappa shape index (κ2) is 9.80. The summed E-state index contributed by atoms with van der Waals surface area (Å²) in [6.07, 6.45) is 5.66. The molecule has 0 aliphatic carbocycles. The average molecular weight is 357 g/mol. The lowest BCUT2D eigenvalue weighted by molar-refractivity contribution is -0.120. The van der Waals surface area contributed by atoms with Crippen molar-refractivity contribution in [2.24, 2.45) is 5.92 Å². The smallest absolute Gasteiger partial charge is 0.137 e. The van der Waals surface area contributed by atoms with E-state index in [1.165, 1.54) is 0 Å². The van der Waals surface area contributed by atoms with Crippen LogP contribution in [0, 0.1) is 12.8 Å². The molecule has 0 aliphatic rings. The Morgan fingerprint density at radius 1 is 1.19 bits per heavy atom. The summed E-state index contributed by atoms with van der Waals surface area (Å²) in [4.78, 5) is 15.4. The molecule has 1 aromatic heterocycles. The third kappa shape index (κ3) is 5.76. The lowest BCUT2D eigenvalue weighted by atomic mass is 9.95. The first kappa shape index (κ1) is 19.8. The van der Waals surface area contributed by atoms with E-state index in [9.17, 15) is 9.90 Å². The predicted molar refractivity (Wildman–Crippen MR) is 101 cm³/mol. The number of carbonyl (C=O) groups excluding carboxylic acids is 1. The number of Topliss-reactive ketones (excluding diaryl/α,β-unsaturated/α-hetero) is 1. The number of carbonyl (C=O) groups is 1. The molecule has 0 saturated heterocycles. The molecule has 1 aromatic carbocycles. The third-order valence-electron chi connectivity index (χ3n) is 4.38. The molecule has 140 valence electrons. The average Bonchev–Trinajstić information content (AvgIpc) is 2.64. The van der Waals surface area contributed by atoms with Crippen molar-refractivity contribution in [1.29, 1.82) is 0 Å². The van der Waals surface area contributed by atoms with E-state index in [-0.39, 0.29) is 17.5 Å². The Morgan fingerprint density at radius 2 is 1.92 bits per heavy atom. The van der Waals surface area contributed by atoms with Crippen molar-refractivity contribution < 1.29 is 19.4 Å². The van der Waals surface area contributed by atoms with Gasteiger partial charge in [0.2, 0.25) is 0 Å². The standard InChI is InChI=1S/C21H27NO4/c1-15(17(3)23)13-18-8-9-20(16(2)21(18)24)26-12-5-4-11-25-19-7-6-10-22-14-19/h6-10,14-15,24H,4-5,11-13H2,1-3H3. The lowest BCUT2D eigenvalue weighted by Crippen LogP contribution is -2.10. The number of nitrogens with zero attached hydrogens (tertiary/aromatic N) is 1. The number of aromatic nitrogens is 1. The van der Waals surface area contributed by atoms with Crippen LogP contribution in [0.1, 0.15) is 37.8 Å². The Bertz CT molecular complexity index is 715. The number of unbranched alkanes of at least 4 members (excludes halogenated alkanes) is 1. The first-order valence-corrected chi connectivity index (χ1v) is 8.96. The molecule has 1 N–H and O–H groups in total. The van der Waals surface area contributed by atoms with Gasteiger partial charge in [0, 0.05) is 17.7 Å². The molecule has 5 heteroatoms. The van der Waals surface area contributed by atoms with E-state index < -0.39 is 0 Å². The number of aromatic hydroxyl groups is 1. The zero-order chi connectivity index (χ0) is 18.9. The van der Waals surface area contributed by atoms with Crippen LogP contribution in [0.4, 0.5) is 0 Å². The molecule has 0 fully saturated rings. The van der Waals surface area contributed by atoms with Crippen molar-refractivity contribution in [3.8, 4) is 17.2 Å². The quantitative estimate of drug-likeness (QED) is 0.648. The number of benzene rings is 1. The fraction of sp³-hybridized carbons (Fsp3) is 0.429. The van der Waals surface area contributed by atoms with Gasteiger partial charge >= 0.3 is 0 Å². The van der Waals surface area contributed by atoms with Gasteiger partial charge in [-0.2, -0.15) is 0 Å². The van der Waals surface area contributed by atoms with Crippen LogP contribution in [0.5, 0.6) is 17.2 Å². The Balaban J connectivity index is 1.77. The fourth-order valence-electron chi connectivity index (χ4n) is 2.54. The number of hydrogen-bond donors (Lipinski definition) is 1. The van der Waals surface area contributed by atoms with E-state index in [0.29, 0.717) is 30.9 Å². The van der Waals surface area contributed by atoms with Gasteiger partial charge in [0.25, 0.3) is 0 Å². The topological polar surface area (TPSA) is 68.7 Å². The van der Waals surface area contributed by atoms with Crippen LogP contribution in [0.2, 0.25) is 0 Å². The van der Waals surface area contributed by atoms with Crippen molar-refractivity contribution in [3.63, 3.8) is 0 Å². The minimum absolute atomic E-state index is 0.105. The first-order chi connectivity index (χ1) is 12.5. The van der Waals surface area contributed by atoms with E-state index in [1.807, 2.05) is 38.1 Å². The molecule has 1 unspecified atom stereocenters. The summed E-state index contributed by atoms with van der Waals surface area (Å²) in [5, 5.41) is 10.4. The molecule has 5 nitrogen and oxygen atoms in total. The second-order valence-electron chi connectivity index (χ2n) is 6.51. The third-order valence-corrected chi connectivity index (χ3v) is 4.38. The van der Waals surface area contributed by atoms with Crippen molar-refractivity contribution in [2.45, 2.75) is 40.0 Å². The van der Waals surface area contributed by atoms with Crippen LogP contribution in [0.15, 0.2) is 36.7 Å². The van der Waals surface area contributed by atoms with E-state index in [4.69, 9.17) is 9.47 Å². The van der Waals surface area contributed by atoms with Crippen molar-refractivity contribution >= 4 is 5.78 Å². The molecule has 1 heterocycles. The van der Waals surface area contributed by atoms with Gasteiger partial charge in [0.05, 0.1) is 19.4 Å². The van der Waals surface area contributed by atoms with Gasteiger partial charge in [-0.1, -0.05) is 13.0 Å². The Kier molecular flexibility index (Phi) is 7.45. The molecule has 0 radical (unpaired) electrons. The number of phenols is 1. The Hall–Kier alpha value is -2.56. The number of ether oxygens (including phenoxy) is 2. The molecular weight excluding hydrogens is 330 g/mol. The van der Waals surface area contributed by atoms with Gasteiger partial charge in [0.15, 0.2) is 0 Å². The maximum atomic E-state index is 11.4. The van der Waals surface area contributed by atoms with Crippen LogP contribution in [-0.2, 0) is 11.2 Å². The molecule has 0 saturated carbocycles. The zero-order valence-electron chi connectivity index (χ0n) is 15.7. The summed E-state index contributed by atoms with van der Waals surface area (Å²) in [5.74, 6) is 1.68. The molecule has 2 rings (SSSR count). The fourth-order valence-corrected chi connectivity index (χ4v) is 2.54. The molecule has 0 amide bonds. The van der Waals surface area contributed by atoms with Gasteiger partial charge in [-0.3, -0.25) is 9.78 Å². The summed E-state index contributed by atoms with van der Waals surface area (Å²) in [6, 6.07) is 7.42. The summed E-state index contributed by atoms with van der Waals surface area (Å²) in [7, 11) is 0. The summed E-state index contributed by atoms with van der Waals surface area (Å²) < 4.78 is 11.4. The van der Waals surface area contributed by atoms with E-state index >= 15 is 0 Å². The van der Waals surface area contributed by atoms with Crippen molar-refractivity contribution in [1.82, 2.24) is 4.98 Å². The molecule has 2 aromatic rings. The Labute approximate surface area is 155 Å². The largest absolute Gasteiger partial charge is 0.507 e. The number of pyridine rings is 1. The van der Waals surface area contributed by atoms with Gasteiger partial charge in [-0.15, -0.1) is 0 Å². The molecule has 26 heavy (non-hydrogen) atoms. The molecule has 0 aliphatic heterocycles. The van der Waals surface area contributed by atoms with E-state index in [1.54, 1.807) is 19.3 Å². The van der Waals surface area contributed by atoms with Crippen LogP contribution >= 0.6 is 0 Å². The highest BCUT2D eigenvalue weighted by atomic mass is 16.5. The lowest BCUT2D eigenvalue weighted by Gasteiger charge is -2.15. The summed E-state index contributed by atoms with van der Waals surface area (Å²) >= 11 is 0. The van der Waals surface area contributed by atoms with Gasteiger partial charge < -0.3 is 14.6 Å². The highest BCUT2D eigenvalue weighted by Gasteiger charge is 2.15. The highest BCUT2D eigenvalue weighted by molar-refractivity contribution is 5.78. The number of ketones is 1. The number of hydrogen-bond acceptors (Lipinski definition) is 5. The minimum Gasteiger partial charge on any atom is -0.507 e. The van der Waals surface area contributed by atoms with Crippen LogP contribution in [-0.4, -0.2) is 29.1 Å². The molecule has 0 spiro atoms. The number of rotatable bonds is 10. The van der Waals surface area contributed by atoms with E-state index in [2.05, 4.69) is 4.98 Å². The number of phenolic OH excluding ortho intramolecular Hbond substituents is 1. The highest BCUT2D eigenvalue weighted by Crippen LogP contribution is 2.32. The Morgan fingerprint density at radius 3 is 2.58 bits per heavy atom. The summed E-state index contributed by atoms with van der Waals surface area (Å²) in [5.41, 5.74) is 1.49. The van der Waals surface area contributed by atoms with Crippen molar-refractivity contribution in [2.75, 3.05) is 13.2 Å². The summed E-state index contributed by atoms with van der Waals surface area (Å²) in [6.45, 7) is 6.44. The van der Waals surface area contributed by atoms with Crippen LogP contribution in [0.25, 0.3) is 0 Å². The zero-order valence-corrected chi connectivity index (χ0v) is 15.7. The van der Waals surface area contributed by atoms with Gasteiger partial charge in [-0.05, 0) is 56.9 Å². The van der Waals surface area contributed by atoms with Crippen LogP contribution < -0.4 is 9.47 Å². The first-order valence-electron chi connectivity index (χ1n) is 8.96. The normalized spacial score (nSPS) is 11.8. The second-order valence-corrected chi connectivity index (χ2v) is 6.51. The van der Waals surface area contributed by atoms with Gasteiger partial charge in [-0.25, -0.2) is 0 Å². The van der Waals surface area contributed by atoms with Gasteiger partial charge in [0.1, 0.15) is 23.0 Å².